The van der Waals surface area contributed by atoms with E-state index in [1.807, 2.05) is 18.2 Å². The quantitative estimate of drug-likeness (QED) is 0.732. The molecule has 1 aromatic carbocycles. The lowest BCUT2D eigenvalue weighted by molar-refractivity contribution is -0.120. The third-order valence-electron chi connectivity index (χ3n) is 2.47. The molecule has 0 spiro atoms. The summed E-state index contributed by atoms with van der Waals surface area (Å²) in [6, 6.07) is 5.63. The first-order chi connectivity index (χ1) is 8.29. The smallest absolute Gasteiger partial charge is 0.250 e. The molecule has 92 valence electrons. The monoisotopic (exact) mass is 236 g/mol. The molecule has 1 heterocycles. The van der Waals surface area contributed by atoms with Crippen LogP contribution >= 0.6 is 0 Å². The van der Waals surface area contributed by atoms with Gasteiger partial charge in [-0.2, -0.15) is 0 Å². The highest BCUT2D eigenvalue weighted by atomic mass is 16.5. The molecule has 3 N–H and O–H groups in total. The molecule has 0 aromatic heterocycles. The van der Waals surface area contributed by atoms with Crippen LogP contribution in [-0.2, 0) is 16.0 Å². The molecule has 0 saturated heterocycles. The Kier molecular flexibility index (Phi) is 3.95. The zero-order valence-electron chi connectivity index (χ0n) is 9.57. The number of rotatable bonds is 5. The standard InChI is InChI=1S/C12H16N2O3/c13-4-6-16-8-12(15)14-10-1-2-11-9(7-10)3-5-17-11/h1-2,7H,3-6,8,13H2,(H,14,15). The minimum Gasteiger partial charge on any atom is -0.493 e. The number of fused-ring (bicyclic) bond motifs is 1. The van der Waals surface area contributed by atoms with Gasteiger partial charge in [0.1, 0.15) is 12.4 Å². The predicted octanol–water partition coefficient (Wildman–Crippen LogP) is 0.535. The van der Waals surface area contributed by atoms with E-state index in [1.165, 1.54) is 0 Å². The van der Waals surface area contributed by atoms with E-state index < -0.39 is 0 Å². The van der Waals surface area contributed by atoms with Gasteiger partial charge in [-0.15, -0.1) is 0 Å². The second-order valence-electron chi connectivity index (χ2n) is 3.81. The molecule has 5 heteroatoms. The normalized spacial score (nSPS) is 13.0. The first-order valence-electron chi connectivity index (χ1n) is 5.63. The molecule has 1 amide bonds. The molecular weight excluding hydrogens is 220 g/mol. The molecule has 0 radical (unpaired) electrons. The summed E-state index contributed by atoms with van der Waals surface area (Å²) in [5.74, 6) is 0.736. The van der Waals surface area contributed by atoms with Gasteiger partial charge in [-0.1, -0.05) is 0 Å². The van der Waals surface area contributed by atoms with Crippen LogP contribution in [0.25, 0.3) is 0 Å². The van der Waals surface area contributed by atoms with Crippen LogP contribution in [0.2, 0.25) is 0 Å². The Bertz CT molecular complexity index is 407. The van der Waals surface area contributed by atoms with Gasteiger partial charge in [0.05, 0.1) is 13.2 Å². The van der Waals surface area contributed by atoms with Crippen molar-refractivity contribution in [2.75, 3.05) is 31.7 Å². The van der Waals surface area contributed by atoms with Gasteiger partial charge in [-0.3, -0.25) is 4.79 Å². The maximum atomic E-state index is 11.5. The van der Waals surface area contributed by atoms with Crippen molar-refractivity contribution in [3.63, 3.8) is 0 Å². The zero-order valence-corrected chi connectivity index (χ0v) is 9.57. The minimum atomic E-state index is -0.169. The summed E-state index contributed by atoms with van der Waals surface area (Å²) in [7, 11) is 0. The predicted molar refractivity (Wildman–Crippen MR) is 64.1 cm³/mol. The summed E-state index contributed by atoms with van der Waals surface area (Å²) in [6.45, 7) is 1.56. The fourth-order valence-corrected chi connectivity index (χ4v) is 1.71. The van der Waals surface area contributed by atoms with Crippen molar-refractivity contribution in [3.8, 4) is 5.75 Å². The first kappa shape index (κ1) is 11.9. The van der Waals surface area contributed by atoms with Crippen LogP contribution in [0.1, 0.15) is 5.56 Å². The minimum absolute atomic E-state index is 0.0325. The van der Waals surface area contributed by atoms with Gasteiger partial charge in [0.25, 0.3) is 0 Å². The lowest BCUT2D eigenvalue weighted by Crippen LogP contribution is -2.20. The van der Waals surface area contributed by atoms with Crippen LogP contribution in [-0.4, -0.2) is 32.3 Å². The summed E-state index contributed by atoms with van der Waals surface area (Å²) in [6.07, 6.45) is 0.892. The number of nitrogens with two attached hydrogens (primary N) is 1. The fourth-order valence-electron chi connectivity index (χ4n) is 1.71. The first-order valence-corrected chi connectivity index (χ1v) is 5.63. The summed E-state index contributed by atoms with van der Waals surface area (Å²) < 4.78 is 10.4. The number of hydrogen-bond donors (Lipinski definition) is 2. The number of nitrogens with one attached hydrogen (secondary N) is 1. The maximum absolute atomic E-state index is 11.5. The van der Waals surface area contributed by atoms with E-state index in [0.29, 0.717) is 19.8 Å². The second-order valence-corrected chi connectivity index (χ2v) is 3.81. The van der Waals surface area contributed by atoms with E-state index in [0.717, 1.165) is 23.4 Å². The highest BCUT2D eigenvalue weighted by Crippen LogP contribution is 2.27. The van der Waals surface area contributed by atoms with Crippen LogP contribution in [0.15, 0.2) is 18.2 Å². The van der Waals surface area contributed by atoms with Gasteiger partial charge in [-0.25, -0.2) is 0 Å². The van der Waals surface area contributed by atoms with Gasteiger partial charge in [0.15, 0.2) is 0 Å². The van der Waals surface area contributed by atoms with Crippen molar-refractivity contribution in [2.24, 2.45) is 5.73 Å². The van der Waals surface area contributed by atoms with Crippen molar-refractivity contribution < 1.29 is 14.3 Å². The van der Waals surface area contributed by atoms with Crippen LogP contribution in [0.3, 0.4) is 0 Å². The Labute approximate surface area is 99.9 Å². The Morgan fingerprint density at radius 2 is 2.41 bits per heavy atom. The molecule has 5 nitrogen and oxygen atoms in total. The molecule has 1 aromatic rings. The van der Waals surface area contributed by atoms with E-state index >= 15 is 0 Å². The van der Waals surface area contributed by atoms with Crippen LogP contribution in [0, 0.1) is 0 Å². The zero-order chi connectivity index (χ0) is 12.1. The summed E-state index contributed by atoms with van der Waals surface area (Å²) >= 11 is 0. The average molecular weight is 236 g/mol. The number of hydrogen-bond acceptors (Lipinski definition) is 4. The Hall–Kier alpha value is -1.59. The summed E-state index contributed by atoms with van der Waals surface area (Å²) in [5, 5.41) is 2.77. The summed E-state index contributed by atoms with van der Waals surface area (Å²) in [4.78, 5) is 11.5. The highest BCUT2D eigenvalue weighted by Gasteiger charge is 2.12. The van der Waals surface area contributed by atoms with Crippen molar-refractivity contribution in [1.82, 2.24) is 0 Å². The SMILES string of the molecule is NCCOCC(=O)Nc1ccc2c(c1)CCO2. The van der Waals surface area contributed by atoms with E-state index in [1.54, 1.807) is 0 Å². The fraction of sp³-hybridized carbons (Fsp3) is 0.417. The molecule has 1 aliphatic rings. The van der Waals surface area contributed by atoms with Gasteiger partial charge in [0.2, 0.25) is 5.91 Å². The van der Waals surface area contributed by atoms with Crippen LogP contribution < -0.4 is 15.8 Å². The average Bonchev–Trinajstić information content (AvgIpc) is 2.76. The van der Waals surface area contributed by atoms with Gasteiger partial charge >= 0.3 is 0 Å². The molecule has 0 atom stereocenters. The molecule has 1 aliphatic heterocycles. The number of ether oxygens (including phenoxy) is 2. The second kappa shape index (κ2) is 5.65. The molecule has 0 unspecified atom stereocenters. The van der Waals surface area contributed by atoms with Gasteiger partial charge < -0.3 is 20.5 Å². The summed E-state index contributed by atoms with van der Waals surface area (Å²) in [5.41, 5.74) is 7.16. The van der Waals surface area contributed by atoms with Gasteiger partial charge in [0, 0.05) is 18.7 Å². The van der Waals surface area contributed by atoms with Crippen molar-refractivity contribution in [3.05, 3.63) is 23.8 Å². The lowest BCUT2D eigenvalue weighted by atomic mass is 10.1. The molecule has 0 fully saturated rings. The topological polar surface area (TPSA) is 73.6 Å². The molecule has 0 saturated carbocycles. The van der Waals surface area contributed by atoms with E-state index in [-0.39, 0.29) is 12.5 Å². The third-order valence-corrected chi connectivity index (χ3v) is 2.47. The van der Waals surface area contributed by atoms with Crippen LogP contribution in [0.5, 0.6) is 5.75 Å². The van der Waals surface area contributed by atoms with Crippen molar-refractivity contribution >= 4 is 11.6 Å². The van der Waals surface area contributed by atoms with Crippen molar-refractivity contribution in [1.29, 1.82) is 0 Å². The Balaban J connectivity index is 1.88. The maximum Gasteiger partial charge on any atom is 0.250 e. The number of benzene rings is 1. The van der Waals surface area contributed by atoms with E-state index in [9.17, 15) is 4.79 Å². The highest BCUT2D eigenvalue weighted by molar-refractivity contribution is 5.91. The molecule has 0 aliphatic carbocycles. The number of carbonyl (C=O) groups excluding carboxylic acids is 1. The molecule has 0 bridgehead atoms. The third kappa shape index (κ3) is 3.18. The number of anilines is 1. The molecule has 2 rings (SSSR count). The number of amides is 1. The Morgan fingerprint density at radius 1 is 1.53 bits per heavy atom. The van der Waals surface area contributed by atoms with Crippen LogP contribution in [0.4, 0.5) is 5.69 Å². The lowest BCUT2D eigenvalue weighted by Gasteiger charge is -2.07. The molecular formula is C12H16N2O3. The number of carbonyl (C=O) groups is 1. The largest absolute Gasteiger partial charge is 0.493 e. The molecule has 17 heavy (non-hydrogen) atoms. The van der Waals surface area contributed by atoms with Gasteiger partial charge in [-0.05, 0) is 23.8 Å². The van der Waals surface area contributed by atoms with Crippen molar-refractivity contribution in [2.45, 2.75) is 6.42 Å². The van der Waals surface area contributed by atoms with E-state index in [2.05, 4.69) is 5.32 Å². The Morgan fingerprint density at radius 3 is 3.24 bits per heavy atom. The van der Waals surface area contributed by atoms with E-state index in [4.69, 9.17) is 15.2 Å².